The molecule has 1 aliphatic rings. The van der Waals surface area contributed by atoms with E-state index in [0.29, 0.717) is 12.1 Å². The predicted octanol–water partition coefficient (Wildman–Crippen LogP) is 3.60. The van der Waals surface area contributed by atoms with Crippen molar-refractivity contribution in [3.8, 4) is 0 Å². The van der Waals surface area contributed by atoms with Crippen molar-refractivity contribution >= 4 is 17.3 Å². The quantitative estimate of drug-likeness (QED) is 0.405. The van der Waals surface area contributed by atoms with Crippen LogP contribution in [0.4, 0.5) is 0 Å². The second-order valence-electron chi connectivity index (χ2n) is 7.68. The van der Waals surface area contributed by atoms with Gasteiger partial charge in [0.05, 0.1) is 5.01 Å². The fraction of sp³-hybridized carbons (Fsp3) is 0.545. The molecule has 0 aliphatic carbocycles. The standard InChI is InChI=1S/C22H33N5S/c1-17-16-28-21(25-17)11-7-8-12-24-22(23-3)26-20-13-18(2)27(15-20)14-19-9-5-4-6-10-19/h4-6,9-10,16,18,20H,7-8,11-15H2,1-3H3,(H2,23,24,26). The monoisotopic (exact) mass is 399 g/mol. The molecule has 1 aromatic heterocycles. The average molecular weight is 400 g/mol. The van der Waals surface area contributed by atoms with E-state index in [4.69, 9.17) is 0 Å². The normalized spacial score (nSPS) is 20.5. The molecule has 0 saturated carbocycles. The van der Waals surface area contributed by atoms with Crippen LogP contribution >= 0.6 is 11.3 Å². The van der Waals surface area contributed by atoms with Crippen LogP contribution in [0.25, 0.3) is 0 Å². The summed E-state index contributed by atoms with van der Waals surface area (Å²) < 4.78 is 0. The van der Waals surface area contributed by atoms with Gasteiger partial charge in [0, 0.05) is 49.8 Å². The number of aromatic nitrogens is 1. The maximum Gasteiger partial charge on any atom is 0.191 e. The zero-order valence-corrected chi connectivity index (χ0v) is 18.1. The molecule has 2 aromatic rings. The first-order valence-electron chi connectivity index (χ1n) is 10.3. The molecule has 2 atom stereocenters. The van der Waals surface area contributed by atoms with Gasteiger partial charge >= 0.3 is 0 Å². The van der Waals surface area contributed by atoms with Gasteiger partial charge in [0.1, 0.15) is 0 Å². The number of guanidine groups is 1. The maximum absolute atomic E-state index is 4.53. The third-order valence-electron chi connectivity index (χ3n) is 5.27. The van der Waals surface area contributed by atoms with Gasteiger partial charge in [-0.3, -0.25) is 9.89 Å². The van der Waals surface area contributed by atoms with Gasteiger partial charge in [-0.1, -0.05) is 30.3 Å². The highest BCUT2D eigenvalue weighted by Gasteiger charge is 2.29. The predicted molar refractivity (Wildman–Crippen MR) is 119 cm³/mol. The lowest BCUT2D eigenvalue weighted by Crippen LogP contribution is -2.44. The third-order valence-corrected chi connectivity index (χ3v) is 6.30. The van der Waals surface area contributed by atoms with E-state index in [2.05, 4.69) is 75.1 Å². The molecule has 2 N–H and O–H groups in total. The number of hydrogen-bond donors (Lipinski definition) is 2. The molecule has 152 valence electrons. The fourth-order valence-corrected chi connectivity index (χ4v) is 4.57. The van der Waals surface area contributed by atoms with Crippen LogP contribution in [0, 0.1) is 6.92 Å². The number of benzene rings is 1. The molecule has 1 saturated heterocycles. The molecule has 6 heteroatoms. The number of aryl methyl sites for hydroxylation is 2. The number of nitrogens with zero attached hydrogens (tertiary/aromatic N) is 3. The molecule has 0 amide bonds. The number of unbranched alkanes of at least 4 members (excludes halogenated alkanes) is 1. The van der Waals surface area contributed by atoms with E-state index < -0.39 is 0 Å². The van der Waals surface area contributed by atoms with E-state index in [9.17, 15) is 0 Å². The Labute approximate surface area is 173 Å². The van der Waals surface area contributed by atoms with E-state index in [-0.39, 0.29) is 0 Å². The topological polar surface area (TPSA) is 52.6 Å². The van der Waals surface area contributed by atoms with Crippen molar-refractivity contribution in [3.63, 3.8) is 0 Å². The molecular formula is C22H33N5S. The van der Waals surface area contributed by atoms with E-state index in [1.54, 1.807) is 11.3 Å². The van der Waals surface area contributed by atoms with Crippen molar-refractivity contribution in [3.05, 3.63) is 52.0 Å². The lowest BCUT2D eigenvalue weighted by atomic mass is 10.2. The minimum atomic E-state index is 0.447. The van der Waals surface area contributed by atoms with Crippen LogP contribution in [0.3, 0.4) is 0 Å². The first-order valence-corrected chi connectivity index (χ1v) is 11.2. The van der Waals surface area contributed by atoms with Crippen LogP contribution in [0.2, 0.25) is 0 Å². The van der Waals surface area contributed by atoms with E-state index >= 15 is 0 Å². The number of thiazole rings is 1. The Morgan fingerprint density at radius 2 is 2.11 bits per heavy atom. The number of hydrogen-bond acceptors (Lipinski definition) is 4. The van der Waals surface area contributed by atoms with Gasteiger partial charge in [-0.05, 0) is 45.1 Å². The smallest absolute Gasteiger partial charge is 0.191 e. The molecule has 1 aliphatic heterocycles. The van der Waals surface area contributed by atoms with Crippen LogP contribution < -0.4 is 10.6 Å². The average Bonchev–Trinajstić information content (AvgIpc) is 3.26. The number of rotatable bonds is 8. The van der Waals surface area contributed by atoms with Crippen LogP contribution in [0.15, 0.2) is 40.7 Å². The highest BCUT2D eigenvalue weighted by molar-refractivity contribution is 7.09. The molecule has 2 unspecified atom stereocenters. The lowest BCUT2D eigenvalue weighted by Gasteiger charge is -2.21. The molecule has 5 nitrogen and oxygen atoms in total. The van der Waals surface area contributed by atoms with Gasteiger partial charge in [0.15, 0.2) is 5.96 Å². The minimum absolute atomic E-state index is 0.447. The summed E-state index contributed by atoms with van der Waals surface area (Å²) in [6.45, 7) is 7.39. The molecule has 0 spiro atoms. The Morgan fingerprint density at radius 3 is 2.82 bits per heavy atom. The van der Waals surface area contributed by atoms with Crippen molar-refractivity contribution in [2.75, 3.05) is 20.1 Å². The van der Waals surface area contributed by atoms with Crippen molar-refractivity contribution in [2.24, 2.45) is 4.99 Å². The van der Waals surface area contributed by atoms with Gasteiger partial charge in [0.25, 0.3) is 0 Å². The fourth-order valence-electron chi connectivity index (χ4n) is 3.75. The van der Waals surface area contributed by atoms with Crippen molar-refractivity contribution < 1.29 is 0 Å². The van der Waals surface area contributed by atoms with Crippen LogP contribution in [-0.2, 0) is 13.0 Å². The van der Waals surface area contributed by atoms with Crippen molar-refractivity contribution in [2.45, 2.75) is 58.2 Å². The number of aliphatic imine (C=N–C) groups is 1. The van der Waals surface area contributed by atoms with Gasteiger partial charge in [-0.15, -0.1) is 11.3 Å². The van der Waals surface area contributed by atoms with E-state index in [0.717, 1.165) is 57.0 Å². The number of nitrogens with one attached hydrogen (secondary N) is 2. The SMILES string of the molecule is CN=C(NCCCCc1nc(C)cs1)NC1CC(C)N(Cc2ccccc2)C1. The molecule has 1 fully saturated rings. The largest absolute Gasteiger partial charge is 0.356 e. The van der Waals surface area contributed by atoms with E-state index in [1.165, 1.54) is 10.6 Å². The van der Waals surface area contributed by atoms with Gasteiger partial charge in [-0.2, -0.15) is 0 Å². The van der Waals surface area contributed by atoms with Crippen LogP contribution in [0.1, 0.15) is 42.5 Å². The molecule has 3 rings (SSSR count). The van der Waals surface area contributed by atoms with Crippen LogP contribution in [-0.4, -0.2) is 48.1 Å². The highest BCUT2D eigenvalue weighted by Crippen LogP contribution is 2.20. The summed E-state index contributed by atoms with van der Waals surface area (Å²) in [4.78, 5) is 11.5. The third kappa shape index (κ3) is 6.31. The van der Waals surface area contributed by atoms with E-state index in [1.807, 2.05) is 7.05 Å². The Morgan fingerprint density at radius 1 is 1.29 bits per heavy atom. The summed E-state index contributed by atoms with van der Waals surface area (Å²) in [6.07, 6.45) is 4.50. The van der Waals surface area contributed by atoms with Crippen molar-refractivity contribution in [1.82, 2.24) is 20.5 Å². The number of likely N-dealkylation sites (tertiary alicyclic amines) is 1. The van der Waals surface area contributed by atoms with Crippen molar-refractivity contribution in [1.29, 1.82) is 0 Å². The maximum atomic E-state index is 4.53. The first-order chi connectivity index (χ1) is 13.6. The molecule has 0 bridgehead atoms. The second kappa shape index (κ2) is 10.6. The lowest BCUT2D eigenvalue weighted by molar-refractivity contribution is 0.258. The molecule has 2 heterocycles. The molecule has 1 aromatic carbocycles. The molecular weight excluding hydrogens is 366 g/mol. The Hall–Kier alpha value is -1.92. The molecule has 28 heavy (non-hydrogen) atoms. The van der Waals surface area contributed by atoms with Gasteiger partial charge < -0.3 is 10.6 Å². The summed E-state index contributed by atoms with van der Waals surface area (Å²) in [5.74, 6) is 0.920. The summed E-state index contributed by atoms with van der Waals surface area (Å²) in [7, 11) is 1.85. The summed E-state index contributed by atoms with van der Waals surface area (Å²) in [5, 5.41) is 10.5. The van der Waals surface area contributed by atoms with Gasteiger partial charge in [-0.25, -0.2) is 4.98 Å². The van der Waals surface area contributed by atoms with Crippen LogP contribution in [0.5, 0.6) is 0 Å². The van der Waals surface area contributed by atoms with Gasteiger partial charge in [0.2, 0.25) is 0 Å². The second-order valence-corrected chi connectivity index (χ2v) is 8.62. The highest BCUT2D eigenvalue weighted by atomic mass is 32.1. The zero-order chi connectivity index (χ0) is 19.8. The Bertz CT molecular complexity index is 742. The summed E-state index contributed by atoms with van der Waals surface area (Å²) >= 11 is 1.77. The zero-order valence-electron chi connectivity index (χ0n) is 17.3. The summed E-state index contributed by atoms with van der Waals surface area (Å²) in [6, 6.07) is 11.8. The molecule has 0 radical (unpaired) electrons. The Kier molecular flexibility index (Phi) is 7.86. The first kappa shape index (κ1) is 20.8. The Balaban J connectivity index is 1.36. The minimum Gasteiger partial charge on any atom is -0.356 e. The summed E-state index contributed by atoms with van der Waals surface area (Å²) in [5.41, 5.74) is 2.52.